The Balaban J connectivity index is 1.13. The summed E-state index contributed by atoms with van der Waals surface area (Å²) in [7, 11) is 0. The number of carbonyl (C=O) groups excluding carboxylic acids is 2. The number of aryl methyl sites for hydroxylation is 1. The quantitative estimate of drug-likeness (QED) is 0.574. The molecule has 0 aromatic heterocycles. The van der Waals surface area contributed by atoms with Crippen molar-refractivity contribution in [1.29, 1.82) is 0 Å². The molecule has 5 rings (SSSR count). The topological polar surface area (TPSA) is 49.9 Å². The van der Waals surface area contributed by atoms with E-state index in [0.717, 1.165) is 42.5 Å². The maximum Gasteiger partial charge on any atom is 0.254 e. The first-order valence-corrected chi connectivity index (χ1v) is 13.1. The van der Waals surface area contributed by atoms with Crippen molar-refractivity contribution in [3.05, 3.63) is 59.7 Å². The lowest BCUT2D eigenvalue weighted by Gasteiger charge is -2.38. The van der Waals surface area contributed by atoms with Crippen molar-refractivity contribution < 1.29 is 14.3 Å². The number of hydrogen-bond donors (Lipinski definition) is 0. The first kappa shape index (κ1) is 22.9. The molecule has 5 nitrogen and oxygen atoms in total. The van der Waals surface area contributed by atoms with Gasteiger partial charge in [0.1, 0.15) is 12.3 Å². The van der Waals surface area contributed by atoms with Crippen LogP contribution in [0.5, 0.6) is 5.75 Å². The fourth-order valence-corrected chi connectivity index (χ4v) is 5.67. The molecular formula is C29H36N2O3. The highest BCUT2D eigenvalue weighted by Gasteiger charge is 2.32. The maximum absolute atomic E-state index is 12.9. The molecule has 5 heteroatoms. The van der Waals surface area contributed by atoms with Crippen LogP contribution in [-0.4, -0.2) is 42.5 Å². The lowest BCUT2D eigenvalue weighted by molar-refractivity contribution is -0.120. The number of benzene rings is 2. The summed E-state index contributed by atoms with van der Waals surface area (Å²) in [6.45, 7) is 3.23. The molecule has 0 bridgehead atoms. The summed E-state index contributed by atoms with van der Waals surface area (Å²) in [4.78, 5) is 29.1. The largest absolute Gasteiger partial charge is 0.490 e. The number of amides is 2. The van der Waals surface area contributed by atoms with Gasteiger partial charge in [-0.1, -0.05) is 38.3 Å². The Bertz CT molecular complexity index is 989. The second-order valence-corrected chi connectivity index (χ2v) is 10.2. The van der Waals surface area contributed by atoms with Crippen LogP contribution in [0.3, 0.4) is 0 Å². The molecule has 2 aliphatic carbocycles. The fraction of sp³-hybridized carbons (Fsp3) is 0.517. The molecule has 0 atom stereocenters. The highest BCUT2D eigenvalue weighted by atomic mass is 16.5. The molecule has 1 aliphatic heterocycles. The predicted octanol–water partition coefficient (Wildman–Crippen LogP) is 5.48. The van der Waals surface area contributed by atoms with E-state index in [4.69, 9.17) is 4.74 Å². The van der Waals surface area contributed by atoms with E-state index >= 15 is 0 Å². The normalized spacial score (nSPS) is 23.5. The van der Waals surface area contributed by atoms with E-state index in [1.807, 2.05) is 48.5 Å². The lowest BCUT2D eigenvalue weighted by Crippen LogP contribution is -2.52. The van der Waals surface area contributed by atoms with E-state index in [1.165, 1.54) is 37.7 Å². The summed E-state index contributed by atoms with van der Waals surface area (Å²) in [5, 5.41) is 0. The Morgan fingerprint density at radius 3 is 2.15 bits per heavy atom. The van der Waals surface area contributed by atoms with Crippen molar-refractivity contribution in [1.82, 2.24) is 4.90 Å². The molecule has 0 unspecified atom stereocenters. The van der Waals surface area contributed by atoms with E-state index in [-0.39, 0.29) is 18.4 Å². The molecule has 34 heavy (non-hydrogen) atoms. The van der Waals surface area contributed by atoms with E-state index in [2.05, 4.69) is 6.92 Å². The molecule has 1 heterocycles. The van der Waals surface area contributed by atoms with Gasteiger partial charge in [0, 0.05) is 24.3 Å². The zero-order valence-corrected chi connectivity index (χ0v) is 20.2. The van der Waals surface area contributed by atoms with Crippen molar-refractivity contribution in [2.45, 2.75) is 64.4 Å². The molecule has 1 saturated heterocycles. The summed E-state index contributed by atoms with van der Waals surface area (Å²) < 4.78 is 6.26. The Morgan fingerprint density at radius 1 is 0.882 bits per heavy atom. The summed E-state index contributed by atoms with van der Waals surface area (Å²) >= 11 is 0. The molecule has 2 saturated carbocycles. The summed E-state index contributed by atoms with van der Waals surface area (Å²) in [5.41, 5.74) is 2.71. The van der Waals surface area contributed by atoms with Crippen LogP contribution in [0.15, 0.2) is 48.5 Å². The van der Waals surface area contributed by atoms with Crippen molar-refractivity contribution in [2.75, 3.05) is 24.5 Å². The van der Waals surface area contributed by atoms with Gasteiger partial charge in [-0.3, -0.25) is 9.59 Å². The number of rotatable bonds is 6. The third kappa shape index (κ3) is 4.98. The van der Waals surface area contributed by atoms with Gasteiger partial charge in [-0.05, 0) is 85.9 Å². The van der Waals surface area contributed by atoms with Crippen LogP contribution in [0.25, 0.3) is 0 Å². The minimum Gasteiger partial charge on any atom is -0.490 e. The minimum atomic E-state index is -0.0774. The average Bonchev–Trinajstić information content (AvgIpc) is 2.84. The van der Waals surface area contributed by atoms with E-state index in [0.29, 0.717) is 24.8 Å². The van der Waals surface area contributed by atoms with Gasteiger partial charge in [0.15, 0.2) is 0 Å². The van der Waals surface area contributed by atoms with Gasteiger partial charge >= 0.3 is 0 Å². The van der Waals surface area contributed by atoms with Gasteiger partial charge in [-0.15, -0.1) is 0 Å². The predicted molar refractivity (Wildman–Crippen MR) is 134 cm³/mol. The highest BCUT2D eigenvalue weighted by Crippen LogP contribution is 2.41. The van der Waals surface area contributed by atoms with E-state index in [1.54, 1.807) is 9.80 Å². The Kier molecular flexibility index (Phi) is 6.89. The molecule has 0 spiro atoms. The fourth-order valence-electron chi connectivity index (χ4n) is 5.67. The zero-order chi connectivity index (χ0) is 23.5. The van der Waals surface area contributed by atoms with Crippen LogP contribution in [-0.2, 0) is 11.2 Å². The molecule has 2 amide bonds. The van der Waals surface area contributed by atoms with Gasteiger partial charge in [0.05, 0.1) is 6.10 Å². The van der Waals surface area contributed by atoms with Gasteiger partial charge in [0.2, 0.25) is 5.91 Å². The van der Waals surface area contributed by atoms with Crippen LogP contribution in [0.4, 0.5) is 5.69 Å². The third-order valence-corrected chi connectivity index (χ3v) is 8.10. The minimum absolute atomic E-state index is 0.0484. The van der Waals surface area contributed by atoms with Crippen molar-refractivity contribution in [3.63, 3.8) is 0 Å². The van der Waals surface area contributed by atoms with Gasteiger partial charge in [-0.2, -0.15) is 0 Å². The number of nitrogens with zero attached hydrogens (tertiary/aromatic N) is 2. The first-order valence-electron chi connectivity index (χ1n) is 13.1. The molecule has 0 radical (unpaired) electrons. The number of hydrogen-bond acceptors (Lipinski definition) is 3. The molecule has 180 valence electrons. The molecule has 3 fully saturated rings. The standard InChI is InChI=1S/C29H36N2O3/c1-2-21-6-8-24(9-7-21)29(33)30-18-19-31(28(32)20-30)25-12-16-27(17-13-25)34-26-14-10-23(11-15-26)22-4-3-5-22/h6-9,12-13,16-17,22-23,26H,2-5,10-11,14-15,18-20H2,1H3. The third-order valence-electron chi connectivity index (χ3n) is 8.10. The van der Waals surface area contributed by atoms with E-state index < -0.39 is 0 Å². The number of carbonyl (C=O) groups is 2. The smallest absolute Gasteiger partial charge is 0.254 e. The Labute approximate surface area is 203 Å². The van der Waals surface area contributed by atoms with Crippen molar-refractivity contribution in [3.8, 4) is 5.75 Å². The highest BCUT2D eigenvalue weighted by molar-refractivity contribution is 6.01. The van der Waals surface area contributed by atoms with Gasteiger partial charge in [-0.25, -0.2) is 0 Å². The Morgan fingerprint density at radius 2 is 1.56 bits per heavy atom. The Hall–Kier alpha value is -2.82. The second-order valence-electron chi connectivity index (χ2n) is 10.2. The van der Waals surface area contributed by atoms with Crippen molar-refractivity contribution >= 4 is 17.5 Å². The van der Waals surface area contributed by atoms with Crippen LogP contribution >= 0.6 is 0 Å². The molecule has 3 aliphatic rings. The van der Waals surface area contributed by atoms with Crippen LogP contribution in [0, 0.1) is 11.8 Å². The molecule has 2 aromatic rings. The number of ether oxygens (including phenoxy) is 1. The number of anilines is 1. The van der Waals surface area contributed by atoms with E-state index in [9.17, 15) is 9.59 Å². The first-order chi connectivity index (χ1) is 16.6. The monoisotopic (exact) mass is 460 g/mol. The average molecular weight is 461 g/mol. The van der Waals surface area contributed by atoms with Crippen molar-refractivity contribution in [2.24, 2.45) is 11.8 Å². The van der Waals surface area contributed by atoms with Crippen LogP contribution < -0.4 is 9.64 Å². The molecular weight excluding hydrogens is 424 g/mol. The SMILES string of the molecule is CCc1ccc(C(=O)N2CCN(c3ccc(OC4CCC(C5CCC5)CC4)cc3)C(=O)C2)cc1. The number of piperazine rings is 1. The molecule has 2 aromatic carbocycles. The second kappa shape index (κ2) is 10.2. The zero-order valence-electron chi connectivity index (χ0n) is 20.2. The molecule has 0 N–H and O–H groups in total. The van der Waals surface area contributed by atoms with Crippen LogP contribution in [0.1, 0.15) is 67.8 Å². The van der Waals surface area contributed by atoms with Crippen LogP contribution in [0.2, 0.25) is 0 Å². The van der Waals surface area contributed by atoms with Gasteiger partial charge in [0.25, 0.3) is 5.91 Å². The summed E-state index contributed by atoms with van der Waals surface area (Å²) in [6.07, 6.45) is 10.4. The van der Waals surface area contributed by atoms with Gasteiger partial charge < -0.3 is 14.5 Å². The summed E-state index contributed by atoms with van der Waals surface area (Å²) in [6, 6.07) is 15.6. The maximum atomic E-state index is 12.9. The summed E-state index contributed by atoms with van der Waals surface area (Å²) in [5.74, 6) is 2.66. The lowest BCUT2D eigenvalue weighted by atomic mass is 9.70.